The van der Waals surface area contributed by atoms with Gasteiger partial charge in [0.15, 0.2) is 5.13 Å². The third kappa shape index (κ3) is 4.14. The normalized spacial score (nSPS) is 10.3. The Labute approximate surface area is 138 Å². The molecule has 0 radical (unpaired) electrons. The Bertz CT molecular complexity index is 784. The summed E-state index contributed by atoms with van der Waals surface area (Å²) in [7, 11) is 0. The first-order valence-corrected chi connectivity index (χ1v) is 8.05. The molecule has 0 fully saturated rings. The highest BCUT2D eigenvalue weighted by Crippen LogP contribution is 2.20. The van der Waals surface area contributed by atoms with Crippen molar-refractivity contribution in [2.75, 3.05) is 5.32 Å². The predicted molar refractivity (Wildman–Crippen MR) is 92.0 cm³/mol. The predicted octanol–water partition coefficient (Wildman–Crippen LogP) is 3.52. The number of rotatable bonds is 5. The summed E-state index contributed by atoms with van der Waals surface area (Å²) in [6, 6.07) is 11.8. The van der Waals surface area contributed by atoms with E-state index in [0.29, 0.717) is 17.4 Å². The number of benzene rings is 1. The van der Waals surface area contributed by atoms with Crippen molar-refractivity contribution in [2.24, 2.45) is 0 Å². The minimum absolute atomic E-state index is 0.180. The molecule has 5 nitrogen and oxygen atoms in total. The summed E-state index contributed by atoms with van der Waals surface area (Å²) in [5.74, 6) is -0.180. The maximum Gasteiger partial charge on any atom is 0.271 e. The number of pyridine rings is 1. The summed E-state index contributed by atoms with van der Waals surface area (Å²) in [6.45, 7) is 2.52. The molecule has 1 aromatic carbocycles. The molecule has 0 atom stereocenters. The van der Waals surface area contributed by atoms with Crippen LogP contribution < -0.4 is 10.6 Å². The summed E-state index contributed by atoms with van der Waals surface area (Å²) >= 11 is 1.39. The Morgan fingerprint density at radius 1 is 1.22 bits per heavy atom. The molecule has 0 aliphatic heterocycles. The van der Waals surface area contributed by atoms with Gasteiger partial charge in [-0.1, -0.05) is 29.8 Å². The van der Waals surface area contributed by atoms with Crippen LogP contribution in [0.25, 0.3) is 0 Å². The van der Waals surface area contributed by atoms with E-state index in [-0.39, 0.29) is 5.91 Å². The Balaban J connectivity index is 1.59. The summed E-state index contributed by atoms with van der Waals surface area (Å²) in [5.41, 5.74) is 3.51. The van der Waals surface area contributed by atoms with E-state index >= 15 is 0 Å². The monoisotopic (exact) mass is 324 g/mol. The maximum absolute atomic E-state index is 12.1. The van der Waals surface area contributed by atoms with Crippen LogP contribution in [-0.2, 0) is 6.54 Å². The number of carbonyl (C=O) groups is 1. The average molecular weight is 324 g/mol. The number of anilines is 2. The summed E-state index contributed by atoms with van der Waals surface area (Å²) in [5, 5.41) is 8.41. The lowest BCUT2D eigenvalue weighted by Crippen LogP contribution is -2.23. The SMILES string of the molecule is Cc1ccc(CNC(=O)c2csc(Nc3cccnc3)n2)cc1. The highest BCUT2D eigenvalue weighted by atomic mass is 32.1. The second kappa shape index (κ2) is 7.02. The van der Waals surface area contributed by atoms with Gasteiger partial charge in [-0.15, -0.1) is 11.3 Å². The fourth-order valence-electron chi connectivity index (χ4n) is 1.97. The molecule has 116 valence electrons. The summed E-state index contributed by atoms with van der Waals surface area (Å²) in [6.07, 6.45) is 3.41. The van der Waals surface area contributed by atoms with Crippen LogP contribution in [0.15, 0.2) is 54.2 Å². The molecule has 0 saturated heterocycles. The first-order valence-electron chi connectivity index (χ1n) is 7.17. The lowest BCUT2D eigenvalue weighted by molar-refractivity contribution is 0.0946. The van der Waals surface area contributed by atoms with E-state index < -0.39 is 0 Å². The van der Waals surface area contributed by atoms with Crippen molar-refractivity contribution in [2.45, 2.75) is 13.5 Å². The molecule has 0 unspecified atom stereocenters. The average Bonchev–Trinajstić information content (AvgIpc) is 3.03. The molecule has 6 heteroatoms. The number of nitrogens with zero attached hydrogens (tertiary/aromatic N) is 2. The van der Waals surface area contributed by atoms with Crippen molar-refractivity contribution in [3.05, 3.63) is 71.0 Å². The first kappa shape index (κ1) is 15.2. The molecule has 0 saturated carbocycles. The van der Waals surface area contributed by atoms with E-state index in [0.717, 1.165) is 11.3 Å². The molecule has 0 spiro atoms. The highest BCUT2D eigenvalue weighted by Gasteiger charge is 2.10. The fourth-order valence-corrected chi connectivity index (χ4v) is 2.69. The lowest BCUT2D eigenvalue weighted by Gasteiger charge is -2.04. The lowest BCUT2D eigenvalue weighted by atomic mass is 10.1. The molecule has 2 N–H and O–H groups in total. The molecule has 0 aliphatic rings. The second-order valence-electron chi connectivity index (χ2n) is 5.07. The first-order chi connectivity index (χ1) is 11.2. The molecule has 2 aromatic heterocycles. The standard InChI is InChI=1S/C17H16N4OS/c1-12-4-6-13(7-5-12)9-19-16(22)15-11-23-17(21-15)20-14-3-2-8-18-10-14/h2-8,10-11H,9H2,1H3,(H,19,22)(H,20,21). The zero-order chi connectivity index (χ0) is 16.1. The number of carbonyl (C=O) groups excluding carboxylic acids is 1. The van der Waals surface area contributed by atoms with Gasteiger partial charge in [0.25, 0.3) is 5.91 Å². The number of aromatic nitrogens is 2. The van der Waals surface area contributed by atoms with Crippen LogP contribution >= 0.6 is 11.3 Å². The minimum Gasteiger partial charge on any atom is -0.347 e. The highest BCUT2D eigenvalue weighted by molar-refractivity contribution is 7.14. The van der Waals surface area contributed by atoms with Gasteiger partial charge in [0.1, 0.15) is 5.69 Å². The Morgan fingerprint density at radius 3 is 2.78 bits per heavy atom. The van der Waals surface area contributed by atoms with Gasteiger partial charge in [-0.3, -0.25) is 9.78 Å². The smallest absolute Gasteiger partial charge is 0.271 e. The van der Waals surface area contributed by atoms with E-state index in [1.54, 1.807) is 17.8 Å². The fraction of sp³-hybridized carbons (Fsp3) is 0.118. The van der Waals surface area contributed by atoms with Gasteiger partial charge in [-0.25, -0.2) is 4.98 Å². The van der Waals surface area contributed by atoms with Crippen molar-refractivity contribution in [1.29, 1.82) is 0 Å². The Morgan fingerprint density at radius 2 is 2.04 bits per heavy atom. The molecule has 23 heavy (non-hydrogen) atoms. The summed E-state index contributed by atoms with van der Waals surface area (Å²) in [4.78, 5) is 20.5. The zero-order valence-corrected chi connectivity index (χ0v) is 13.4. The number of amides is 1. The van der Waals surface area contributed by atoms with Crippen LogP contribution in [0.2, 0.25) is 0 Å². The van der Waals surface area contributed by atoms with E-state index in [4.69, 9.17) is 0 Å². The van der Waals surface area contributed by atoms with Crippen molar-refractivity contribution in [3.8, 4) is 0 Å². The van der Waals surface area contributed by atoms with Crippen molar-refractivity contribution >= 4 is 28.1 Å². The summed E-state index contributed by atoms with van der Waals surface area (Å²) < 4.78 is 0. The van der Waals surface area contributed by atoms with E-state index in [9.17, 15) is 4.79 Å². The van der Waals surface area contributed by atoms with Gasteiger partial charge in [-0.2, -0.15) is 0 Å². The van der Waals surface area contributed by atoms with E-state index in [1.165, 1.54) is 16.9 Å². The molecule has 2 heterocycles. The Kier molecular flexibility index (Phi) is 4.63. The minimum atomic E-state index is -0.180. The van der Waals surface area contributed by atoms with Gasteiger partial charge < -0.3 is 10.6 Å². The van der Waals surface area contributed by atoms with Crippen LogP contribution in [0.5, 0.6) is 0 Å². The van der Waals surface area contributed by atoms with Gasteiger partial charge in [0.2, 0.25) is 0 Å². The van der Waals surface area contributed by atoms with Gasteiger partial charge in [0.05, 0.1) is 11.9 Å². The largest absolute Gasteiger partial charge is 0.347 e. The topological polar surface area (TPSA) is 66.9 Å². The van der Waals surface area contributed by atoms with Crippen molar-refractivity contribution in [1.82, 2.24) is 15.3 Å². The Hall–Kier alpha value is -2.73. The number of hydrogen-bond donors (Lipinski definition) is 2. The molecular weight excluding hydrogens is 308 g/mol. The van der Waals surface area contributed by atoms with Crippen LogP contribution in [-0.4, -0.2) is 15.9 Å². The van der Waals surface area contributed by atoms with Crippen molar-refractivity contribution in [3.63, 3.8) is 0 Å². The quantitative estimate of drug-likeness (QED) is 0.753. The molecule has 3 aromatic rings. The van der Waals surface area contributed by atoms with Crippen LogP contribution in [0, 0.1) is 6.92 Å². The van der Waals surface area contributed by atoms with Gasteiger partial charge in [0, 0.05) is 18.1 Å². The van der Waals surface area contributed by atoms with Gasteiger partial charge >= 0.3 is 0 Å². The van der Waals surface area contributed by atoms with Crippen molar-refractivity contribution < 1.29 is 4.79 Å². The number of aryl methyl sites for hydroxylation is 1. The number of hydrogen-bond acceptors (Lipinski definition) is 5. The van der Waals surface area contributed by atoms with E-state index in [1.807, 2.05) is 43.3 Å². The second-order valence-corrected chi connectivity index (χ2v) is 5.93. The maximum atomic E-state index is 12.1. The van der Waals surface area contributed by atoms with Crippen LogP contribution in [0.3, 0.4) is 0 Å². The third-order valence-electron chi connectivity index (χ3n) is 3.22. The van der Waals surface area contributed by atoms with Gasteiger partial charge in [-0.05, 0) is 24.6 Å². The van der Waals surface area contributed by atoms with Crippen LogP contribution in [0.4, 0.5) is 10.8 Å². The third-order valence-corrected chi connectivity index (χ3v) is 3.98. The molecule has 0 bridgehead atoms. The van der Waals surface area contributed by atoms with Crippen LogP contribution in [0.1, 0.15) is 21.6 Å². The van der Waals surface area contributed by atoms with E-state index in [2.05, 4.69) is 20.6 Å². The molecule has 0 aliphatic carbocycles. The molecule has 1 amide bonds. The molecular formula is C17H16N4OS. The molecule has 3 rings (SSSR count). The zero-order valence-electron chi connectivity index (χ0n) is 12.6. The number of thiazole rings is 1. The number of nitrogens with one attached hydrogen (secondary N) is 2.